The average Bonchev–Trinajstić information content (AvgIpc) is 2.39. The van der Waals surface area contributed by atoms with Crippen LogP contribution >= 0.6 is 0 Å². The average molecular weight is 243 g/mol. The number of rotatable bonds is 4. The van der Waals surface area contributed by atoms with Crippen molar-refractivity contribution in [1.29, 1.82) is 0 Å². The molecule has 1 heterocycles. The van der Waals surface area contributed by atoms with Crippen LogP contribution in [0.3, 0.4) is 0 Å². The number of aromatic nitrogens is 1. The topological polar surface area (TPSA) is 59.4 Å². The molecule has 18 heavy (non-hydrogen) atoms. The van der Waals surface area contributed by atoms with Crippen LogP contribution in [-0.2, 0) is 11.2 Å². The number of benzene rings is 1. The molecule has 0 amide bonds. The van der Waals surface area contributed by atoms with Crippen LogP contribution in [0.2, 0.25) is 0 Å². The zero-order valence-electron chi connectivity index (χ0n) is 9.96. The van der Waals surface area contributed by atoms with Crippen molar-refractivity contribution in [2.45, 2.75) is 6.42 Å². The minimum Gasteiger partial charge on any atom is -0.481 e. The lowest BCUT2D eigenvalue weighted by molar-refractivity contribution is -0.136. The van der Waals surface area contributed by atoms with Gasteiger partial charge in [-0.1, -0.05) is 30.3 Å². The van der Waals surface area contributed by atoms with Crippen LogP contribution in [0, 0.1) is 0 Å². The van der Waals surface area contributed by atoms with Crippen molar-refractivity contribution in [1.82, 2.24) is 4.98 Å². The number of pyridine rings is 1. The highest BCUT2D eigenvalue weighted by Gasteiger charge is 2.10. The number of carboxylic acid groups (broad SMARTS) is 1. The third kappa shape index (κ3) is 2.66. The number of methoxy groups -OCH3 is 1. The molecular formula is C14H13NO3. The van der Waals surface area contributed by atoms with Crippen LogP contribution in [0.4, 0.5) is 0 Å². The molecule has 1 aromatic carbocycles. The fourth-order valence-electron chi connectivity index (χ4n) is 1.77. The Bertz CT molecular complexity index is 552. The zero-order chi connectivity index (χ0) is 13.0. The molecule has 0 aliphatic carbocycles. The number of ether oxygens (including phenoxy) is 1. The Kier molecular flexibility index (Phi) is 3.57. The van der Waals surface area contributed by atoms with E-state index in [-0.39, 0.29) is 6.42 Å². The molecule has 2 rings (SSSR count). The van der Waals surface area contributed by atoms with Crippen molar-refractivity contribution >= 4 is 5.97 Å². The number of carboxylic acids is 1. The predicted molar refractivity (Wildman–Crippen MR) is 67.6 cm³/mol. The van der Waals surface area contributed by atoms with E-state index in [2.05, 4.69) is 4.98 Å². The predicted octanol–water partition coefficient (Wildman–Crippen LogP) is 2.38. The molecule has 0 unspecified atom stereocenters. The van der Waals surface area contributed by atoms with Crippen molar-refractivity contribution in [3.63, 3.8) is 0 Å². The maximum absolute atomic E-state index is 10.9. The zero-order valence-corrected chi connectivity index (χ0v) is 9.96. The first-order valence-electron chi connectivity index (χ1n) is 5.51. The number of carbonyl (C=O) groups is 1. The summed E-state index contributed by atoms with van der Waals surface area (Å²) in [4.78, 5) is 15.0. The van der Waals surface area contributed by atoms with Crippen LogP contribution in [0.1, 0.15) is 5.56 Å². The third-order valence-electron chi connectivity index (χ3n) is 2.60. The van der Waals surface area contributed by atoms with E-state index in [1.807, 2.05) is 30.3 Å². The van der Waals surface area contributed by atoms with Crippen LogP contribution in [0.5, 0.6) is 5.88 Å². The van der Waals surface area contributed by atoms with Gasteiger partial charge in [0.05, 0.1) is 13.5 Å². The third-order valence-corrected chi connectivity index (χ3v) is 2.60. The molecule has 0 aliphatic rings. The monoisotopic (exact) mass is 243 g/mol. The standard InChI is InChI=1S/C14H13NO3/c1-18-13-7-11(8-14(16)17)12(9-15-13)10-5-3-2-4-6-10/h2-7,9H,8H2,1H3,(H,16,17). The lowest BCUT2D eigenvalue weighted by atomic mass is 10.00. The van der Waals surface area contributed by atoms with E-state index in [0.29, 0.717) is 11.4 Å². The minimum atomic E-state index is -0.875. The molecule has 1 aromatic heterocycles. The summed E-state index contributed by atoms with van der Waals surface area (Å²) in [5, 5.41) is 8.94. The number of hydrogen-bond acceptors (Lipinski definition) is 3. The molecule has 92 valence electrons. The van der Waals surface area contributed by atoms with E-state index in [4.69, 9.17) is 9.84 Å². The normalized spacial score (nSPS) is 10.1. The molecule has 0 radical (unpaired) electrons. The number of nitrogens with zero attached hydrogens (tertiary/aromatic N) is 1. The first kappa shape index (κ1) is 12.1. The highest BCUT2D eigenvalue weighted by molar-refractivity contribution is 5.76. The van der Waals surface area contributed by atoms with Gasteiger partial charge >= 0.3 is 5.97 Å². The van der Waals surface area contributed by atoms with Crippen molar-refractivity contribution in [3.05, 3.63) is 48.2 Å². The van der Waals surface area contributed by atoms with E-state index < -0.39 is 5.97 Å². The maximum atomic E-state index is 10.9. The second kappa shape index (κ2) is 5.31. The summed E-state index contributed by atoms with van der Waals surface area (Å²) < 4.78 is 5.02. The minimum absolute atomic E-state index is 0.0525. The second-order valence-corrected chi connectivity index (χ2v) is 3.82. The summed E-state index contributed by atoms with van der Waals surface area (Å²) in [5.41, 5.74) is 2.46. The van der Waals surface area contributed by atoms with Crippen LogP contribution < -0.4 is 4.74 Å². The fourth-order valence-corrected chi connectivity index (χ4v) is 1.77. The molecule has 4 heteroatoms. The Labute approximate surface area is 105 Å². The molecule has 0 bridgehead atoms. The van der Waals surface area contributed by atoms with E-state index in [1.165, 1.54) is 7.11 Å². The van der Waals surface area contributed by atoms with Gasteiger partial charge in [-0.25, -0.2) is 4.98 Å². The van der Waals surface area contributed by atoms with Crippen LogP contribution in [-0.4, -0.2) is 23.2 Å². The molecule has 0 saturated heterocycles. The van der Waals surface area contributed by atoms with Gasteiger partial charge < -0.3 is 9.84 Å². The molecule has 0 saturated carbocycles. The van der Waals surface area contributed by atoms with Crippen LogP contribution in [0.25, 0.3) is 11.1 Å². The Morgan fingerprint density at radius 1 is 1.33 bits per heavy atom. The van der Waals surface area contributed by atoms with Gasteiger partial charge in [0.1, 0.15) is 0 Å². The molecule has 0 aliphatic heterocycles. The fraction of sp³-hybridized carbons (Fsp3) is 0.143. The summed E-state index contributed by atoms with van der Waals surface area (Å²) in [6, 6.07) is 11.2. The Hall–Kier alpha value is -2.36. The van der Waals surface area contributed by atoms with E-state index >= 15 is 0 Å². The van der Waals surface area contributed by atoms with Gasteiger partial charge in [-0.2, -0.15) is 0 Å². The van der Waals surface area contributed by atoms with Gasteiger partial charge in [0.25, 0.3) is 0 Å². The van der Waals surface area contributed by atoms with E-state index in [1.54, 1.807) is 12.3 Å². The Morgan fingerprint density at radius 3 is 2.67 bits per heavy atom. The van der Waals surface area contributed by atoms with Crippen molar-refractivity contribution in [2.24, 2.45) is 0 Å². The van der Waals surface area contributed by atoms with Crippen molar-refractivity contribution < 1.29 is 14.6 Å². The number of aliphatic carboxylic acids is 1. The summed E-state index contributed by atoms with van der Waals surface area (Å²) in [7, 11) is 1.51. The van der Waals surface area contributed by atoms with E-state index in [9.17, 15) is 4.79 Å². The maximum Gasteiger partial charge on any atom is 0.307 e. The quantitative estimate of drug-likeness (QED) is 0.895. The Balaban J connectivity index is 2.49. The molecule has 0 atom stereocenters. The highest BCUT2D eigenvalue weighted by atomic mass is 16.5. The van der Waals surface area contributed by atoms with Gasteiger partial charge in [0.15, 0.2) is 0 Å². The summed E-state index contributed by atoms with van der Waals surface area (Å²) in [6.45, 7) is 0. The van der Waals surface area contributed by atoms with E-state index in [0.717, 1.165) is 11.1 Å². The summed E-state index contributed by atoms with van der Waals surface area (Å²) in [6.07, 6.45) is 1.59. The lowest BCUT2D eigenvalue weighted by Gasteiger charge is -2.09. The van der Waals surface area contributed by atoms with Gasteiger partial charge in [-0.15, -0.1) is 0 Å². The highest BCUT2D eigenvalue weighted by Crippen LogP contribution is 2.25. The molecule has 4 nitrogen and oxygen atoms in total. The Morgan fingerprint density at radius 2 is 2.06 bits per heavy atom. The van der Waals surface area contributed by atoms with Gasteiger partial charge in [-0.05, 0) is 11.1 Å². The van der Waals surface area contributed by atoms with Crippen molar-refractivity contribution in [3.8, 4) is 17.0 Å². The number of hydrogen-bond donors (Lipinski definition) is 1. The van der Waals surface area contributed by atoms with Crippen LogP contribution in [0.15, 0.2) is 42.6 Å². The molecule has 0 spiro atoms. The molecular weight excluding hydrogens is 230 g/mol. The smallest absolute Gasteiger partial charge is 0.307 e. The summed E-state index contributed by atoms with van der Waals surface area (Å²) >= 11 is 0. The summed E-state index contributed by atoms with van der Waals surface area (Å²) in [5.74, 6) is -0.452. The largest absolute Gasteiger partial charge is 0.481 e. The molecule has 2 aromatic rings. The molecule has 1 N–H and O–H groups in total. The van der Waals surface area contributed by atoms with Gasteiger partial charge in [0, 0.05) is 17.8 Å². The SMILES string of the molecule is COc1cc(CC(=O)O)c(-c2ccccc2)cn1. The van der Waals surface area contributed by atoms with Gasteiger partial charge in [-0.3, -0.25) is 4.79 Å². The van der Waals surface area contributed by atoms with Crippen molar-refractivity contribution in [2.75, 3.05) is 7.11 Å². The van der Waals surface area contributed by atoms with Gasteiger partial charge in [0.2, 0.25) is 5.88 Å². The second-order valence-electron chi connectivity index (χ2n) is 3.82. The first-order chi connectivity index (χ1) is 8.70. The molecule has 0 fully saturated rings. The lowest BCUT2D eigenvalue weighted by Crippen LogP contribution is -2.03. The first-order valence-corrected chi connectivity index (χ1v) is 5.51.